The number of piperidine rings is 1. The van der Waals surface area contributed by atoms with E-state index in [1.807, 2.05) is 18.7 Å². The minimum atomic E-state index is -0.911. The number of likely N-dealkylation sites (tertiary alicyclic amines) is 1. The second-order valence-electron chi connectivity index (χ2n) is 10.8. The molecule has 8 nitrogen and oxygen atoms in total. The summed E-state index contributed by atoms with van der Waals surface area (Å²) in [6, 6.07) is 3.29. The third-order valence-corrected chi connectivity index (χ3v) is 8.08. The van der Waals surface area contributed by atoms with Gasteiger partial charge in [0.15, 0.2) is 0 Å². The third kappa shape index (κ3) is 4.60. The molecule has 1 N–H and O–H groups in total. The van der Waals surface area contributed by atoms with Crippen LogP contribution in [0.3, 0.4) is 0 Å². The van der Waals surface area contributed by atoms with Gasteiger partial charge in [-0.3, -0.25) is 19.3 Å². The summed E-state index contributed by atoms with van der Waals surface area (Å²) in [5.41, 5.74) is -0.253. The third-order valence-electron chi connectivity index (χ3n) is 8.08. The monoisotopic (exact) mass is 500 g/mol. The molecule has 1 aromatic carbocycles. The van der Waals surface area contributed by atoms with E-state index in [2.05, 4.69) is 5.32 Å². The second-order valence-corrected chi connectivity index (χ2v) is 10.8. The molecular formula is C27H37FN4O4. The highest BCUT2D eigenvalue weighted by Crippen LogP contribution is 2.41. The van der Waals surface area contributed by atoms with Gasteiger partial charge < -0.3 is 15.1 Å². The maximum absolute atomic E-state index is 14.3. The van der Waals surface area contributed by atoms with Gasteiger partial charge in [0.05, 0.1) is 5.56 Å². The van der Waals surface area contributed by atoms with E-state index in [-0.39, 0.29) is 35.4 Å². The fourth-order valence-corrected chi connectivity index (χ4v) is 5.99. The summed E-state index contributed by atoms with van der Waals surface area (Å²) in [6.07, 6.45) is 5.77. The van der Waals surface area contributed by atoms with Crippen LogP contribution in [0.4, 0.5) is 9.18 Å². The molecular weight excluding hydrogens is 463 g/mol. The first-order valence-corrected chi connectivity index (χ1v) is 13.0. The molecule has 196 valence electrons. The normalized spacial score (nSPS) is 21.4. The Morgan fingerprint density at radius 1 is 1.08 bits per heavy atom. The minimum Gasteiger partial charge on any atom is -0.341 e. The lowest BCUT2D eigenvalue weighted by Crippen LogP contribution is -2.62. The topological polar surface area (TPSA) is 90.0 Å². The first-order chi connectivity index (χ1) is 17.1. The average Bonchev–Trinajstić information content (AvgIpc) is 3.04. The lowest BCUT2D eigenvalue weighted by molar-refractivity contribution is -0.143. The van der Waals surface area contributed by atoms with Crippen LogP contribution in [0.2, 0.25) is 0 Å². The SMILES string of the molecule is Cc1ccc(F)c(C(=O)N[C@@H](C(=O)N2CCC3(CC2)C(=O)N(C)C(=O)N3C2CCCCC2)C(C)C)c1. The Labute approximate surface area is 212 Å². The number of amides is 5. The number of imide groups is 1. The van der Waals surface area contributed by atoms with E-state index in [1.165, 1.54) is 17.0 Å². The first-order valence-electron chi connectivity index (χ1n) is 13.0. The van der Waals surface area contributed by atoms with Crippen molar-refractivity contribution in [2.75, 3.05) is 20.1 Å². The van der Waals surface area contributed by atoms with Gasteiger partial charge in [-0.25, -0.2) is 9.18 Å². The molecule has 3 fully saturated rings. The Kier molecular flexibility index (Phi) is 7.38. The smallest absolute Gasteiger partial charge is 0.327 e. The Hall–Kier alpha value is -2.97. The molecule has 2 saturated heterocycles. The number of benzene rings is 1. The molecule has 2 heterocycles. The summed E-state index contributed by atoms with van der Waals surface area (Å²) in [5, 5.41) is 2.73. The lowest BCUT2D eigenvalue weighted by Gasteiger charge is -2.46. The van der Waals surface area contributed by atoms with Crippen LogP contribution < -0.4 is 5.32 Å². The zero-order valence-electron chi connectivity index (χ0n) is 21.7. The van der Waals surface area contributed by atoms with Crippen molar-refractivity contribution in [3.8, 4) is 0 Å². The van der Waals surface area contributed by atoms with Crippen molar-refractivity contribution in [3.05, 3.63) is 35.1 Å². The number of likely N-dealkylation sites (N-methyl/N-ethyl adjacent to an activating group) is 1. The molecule has 1 aromatic rings. The fourth-order valence-electron chi connectivity index (χ4n) is 5.99. The van der Waals surface area contributed by atoms with Crippen molar-refractivity contribution in [1.29, 1.82) is 0 Å². The van der Waals surface area contributed by atoms with E-state index in [0.29, 0.717) is 25.9 Å². The number of hydrogen-bond donors (Lipinski definition) is 1. The van der Waals surface area contributed by atoms with Gasteiger partial charge >= 0.3 is 6.03 Å². The maximum Gasteiger partial charge on any atom is 0.327 e. The van der Waals surface area contributed by atoms with E-state index in [1.54, 1.807) is 24.9 Å². The first kappa shape index (κ1) is 26.1. The van der Waals surface area contributed by atoms with Crippen molar-refractivity contribution >= 4 is 23.8 Å². The molecule has 9 heteroatoms. The predicted octanol–water partition coefficient (Wildman–Crippen LogP) is 3.48. The van der Waals surface area contributed by atoms with Crippen molar-refractivity contribution in [1.82, 2.24) is 20.0 Å². The maximum atomic E-state index is 14.3. The van der Waals surface area contributed by atoms with Crippen LogP contribution in [0.15, 0.2) is 18.2 Å². The molecule has 0 aromatic heterocycles. The number of halogens is 1. The Balaban J connectivity index is 1.49. The van der Waals surface area contributed by atoms with E-state index in [4.69, 9.17) is 0 Å². The number of rotatable bonds is 5. The van der Waals surface area contributed by atoms with Crippen molar-refractivity contribution in [3.63, 3.8) is 0 Å². The standard InChI is InChI=1S/C27H37FN4O4/c1-17(2)22(29-23(33)20-16-18(3)10-11-21(20)28)24(34)31-14-12-27(13-15-31)25(35)30(4)26(36)32(27)19-8-6-5-7-9-19/h10-11,16-17,19,22H,5-9,12-15H2,1-4H3,(H,29,33)/t22-/m1/s1. The highest BCUT2D eigenvalue weighted by molar-refractivity contribution is 6.07. The van der Waals surface area contributed by atoms with E-state index in [0.717, 1.165) is 37.7 Å². The summed E-state index contributed by atoms with van der Waals surface area (Å²) >= 11 is 0. The van der Waals surface area contributed by atoms with E-state index in [9.17, 15) is 23.6 Å². The molecule has 5 amide bonds. The number of hydrogen-bond acceptors (Lipinski definition) is 4. The van der Waals surface area contributed by atoms with Gasteiger partial charge in [0.2, 0.25) is 5.91 Å². The largest absolute Gasteiger partial charge is 0.341 e. The Morgan fingerprint density at radius 2 is 1.72 bits per heavy atom. The minimum absolute atomic E-state index is 0.0503. The van der Waals surface area contributed by atoms with Gasteiger partial charge in [-0.05, 0) is 50.7 Å². The summed E-state index contributed by atoms with van der Waals surface area (Å²) in [7, 11) is 1.54. The van der Waals surface area contributed by atoms with Crippen molar-refractivity contribution < 1.29 is 23.6 Å². The van der Waals surface area contributed by atoms with Crippen LogP contribution in [-0.2, 0) is 9.59 Å². The molecule has 3 aliphatic rings. The number of nitrogens with one attached hydrogen (secondary N) is 1. The molecule has 36 heavy (non-hydrogen) atoms. The van der Waals surface area contributed by atoms with Gasteiger partial charge in [0, 0.05) is 26.2 Å². The molecule has 0 bridgehead atoms. The van der Waals surface area contributed by atoms with Crippen LogP contribution in [-0.4, -0.2) is 76.2 Å². The predicted molar refractivity (Wildman–Crippen MR) is 133 cm³/mol. The fraction of sp³-hybridized carbons (Fsp3) is 0.630. The number of urea groups is 1. The van der Waals surface area contributed by atoms with Crippen LogP contribution >= 0.6 is 0 Å². The quantitative estimate of drug-likeness (QED) is 0.627. The Morgan fingerprint density at radius 3 is 2.33 bits per heavy atom. The van der Waals surface area contributed by atoms with Gasteiger partial charge in [-0.2, -0.15) is 0 Å². The highest BCUT2D eigenvalue weighted by atomic mass is 19.1. The highest BCUT2D eigenvalue weighted by Gasteiger charge is 2.59. The Bertz CT molecular complexity index is 1040. The molecule has 0 unspecified atom stereocenters. The lowest BCUT2D eigenvalue weighted by atomic mass is 9.82. The number of carbonyl (C=O) groups excluding carboxylic acids is 4. The molecule has 0 radical (unpaired) electrons. The van der Waals surface area contributed by atoms with Crippen LogP contribution in [0.25, 0.3) is 0 Å². The molecule has 1 aliphatic carbocycles. The van der Waals surface area contributed by atoms with Crippen LogP contribution in [0, 0.1) is 18.7 Å². The molecule has 2 aliphatic heterocycles. The zero-order chi connectivity index (χ0) is 26.2. The molecule has 1 saturated carbocycles. The van der Waals surface area contributed by atoms with Crippen molar-refractivity contribution in [2.45, 2.75) is 83.3 Å². The van der Waals surface area contributed by atoms with Gasteiger partial charge in [0.1, 0.15) is 17.4 Å². The van der Waals surface area contributed by atoms with Gasteiger partial charge in [-0.1, -0.05) is 44.7 Å². The van der Waals surface area contributed by atoms with Crippen molar-refractivity contribution in [2.24, 2.45) is 5.92 Å². The van der Waals surface area contributed by atoms with E-state index >= 15 is 0 Å². The molecule has 1 spiro atoms. The number of aryl methyl sites for hydroxylation is 1. The summed E-state index contributed by atoms with van der Waals surface area (Å²) in [4.78, 5) is 57.4. The second kappa shape index (κ2) is 10.2. The van der Waals surface area contributed by atoms with Gasteiger partial charge in [0.25, 0.3) is 11.8 Å². The number of carbonyl (C=O) groups is 4. The van der Waals surface area contributed by atoms with Crippen LogP contribution in [0.1, 0.15) is 74.7 Å². The summed E-state index contributed by atoms with van der Waals surface area (Å²) in [6.45, 7) is 6.06. The van der Waals surface area contributed by atoms with Crippen LogP contribution in [0.5, 0.6) is 0 Å². The van der Waals surface area contributed by atoms with Gasteiger partial charge in [-0.15, -0.1) is 0 Å². The number of nitrogens with zero attached hydrogens (tertiary/aromatic N) is 3. The molecule has 4 rings (SSSR count). The average molecular weight is 501 g/mol. The summed E-state index contributed by atoms with van der Waals surface area (Å²) < 4.78 is 14.3. The summed E-state index contributed by atoms with van der Waals surface area (Å²) in [5.74, 6) is -1.92. The molecule has 1 atom stereocenters. The van der Waals surface area contributed by atoms with E-state index < -0.39 is 23.3 Å². The zero-order valence-corrected chi connectivity index (χ0v) is 21.7.